The normalized spacial score (nSPS) is 11.9. The first kappa shape index (κ1) is 14.2. The second-order valence-corrected chi connectivity index (χ2v) is 4.38. The monoisotopic (exact) mass is 271 g/mol. The zero-order valence-corrected chi connectivity index (χ0v) is 10.9. The molecule has 1 aromatic rings. The van der Waals surface area contributed by atoms with Crippen molar-refractivity contribution in [1.82, 2.24) is 15.3 Å². The van der Waals surface area contributed by atoms with Gasteiger partial charge in [-0.15, -0.1) is 11.8 Å². The number of hydrogen-bond acceptors (Lipinski definition) is 5. The van der Waals surface area contributed by atoms with Crippen molar-refractivity contribution in [2.45, 2.75) is 24.9 Å². The molecule has 0 bridgehead atoms. The number of hydrogen-bond donors (Lipinski definition) is 3. The number of aryl methyl sites for hydroxylation is 1. The van der Waals surface area contributed by atoms with Crippen molar-refractivity contribution in [3.63, 3.8) is 0 Å². The van der Waals surface area contributed by atoms with Crippen LogP contribution in [-0.2, 0) is 4.79 Å². The standard InChI is InChI=1S/C10H13N3O4S/c1-4-6(7(14)11-5(2)9(15)16)8(18-3)13-10(17)12-4/h5H,1-3H3,(H,11,14)(H,15,16)(H,12,13,17)/t5-/m1/s1. The first-order valence-corrected chi connectivity index (χ1v) is 6.28. The van der Waals surface area contributed by atoms with E-state index in [-0.39, 0.29) is 10.6 Å². The van der Waals surface area contributed by atoms with Crippen molar-refractivity contribution >= 4 is 23.6 Å². The van der Waals surface area contributed by atoms with Crippen molar-refractivity contribution in [2.24, 2.45) is 0 Å². The SMILES string of the molecule is CSc1nc(=O)[nH]c(C)c1C(=O)N[C@H](C)C(=O)O. The Bertz CT molecular complexity index is 540. The van der Waals surface area contributed by atoms with E-state index < -0.39 is 23.6 Å². The molecule has 0 aliphatic rings. The summed E-state index contributed by atoms with van der Waals surface area (Å²) in [5.74, 6) is -1.71. The molecule has 0 saturated carbocycles. The van der Waals surface area contributed by atoms with Crippen molar-refractivity contribution < 1.29 is 14.7 Å². The predicted octanol–water partition coefficient (Wildman–Crippen LogP) is 0.00312. The first-order chi connectivity index (χ1) is 8.36. The molecule has 0 unspecified atom stereocenters. The van der Waals surface area contributed by atoms with Crippen LogP contribution >= 0.6 is 11.8 Å². The molecule has 0 spiro atoms. The molecule has 98 valence electrons. The minimum Gasteiger partial charge on any atom is -0.480 e. The molecule has 1 aromatic heterocycles. The van der Waals surface area contributed by atoms with E-state index in [1.54, 1.807) is 13.2 Å². The highest BCUT2D eigenvalue weighted by atomic mass is 32.2. The third-order valence-corrected chi connectivity index (χ3v) is 2.91. The topological polar surface area (TPSA) is 112 Å². The number of rotatable bonds is 4. The summed E-state index contributed by atoms with van der Waals surface area (Å²) in [6.07, 6.45) is 1.68. The Kier molecular flexibility index (Phi) is 4.49. The van der Waals surface area contributed by atoms with Gasteiger partial charge in [0.2, 0.25) is 0 Å². The van der Waals surface area contributed by atoms with Crippen LogP contribution in [-0.4, -0.2) is 39.2 Å². The van der Waals surface area contributed by atoms with E-state index in [2.05, 4.69) is 15.3 Å². The lowest BCUT2D eigenvalue weighted by molar-refractivity contribution is -0.138. The number of aromatic nitrogens is 2. The Morgan fingerprint density at radius 1 is 1.50 bits per heavy atom. The van der Waals surface area contributed by atoms with Gasteiger partial charge in [0, 0.05) is 5.69 Å². The fourth-order valence-electron chi connectivity index (χ4n) is 1.31. The van der Waals surface area contributed by atoms with Crippen LogP contribution < -0.4 is 11.0 Å². The van der Waals surface area contributed by atoms with E-state index in [0.29, 0.717) is 5.69 Å². The van der Waals surface area contributed by atoms with E-state index in [4.69, 9.17) is 5.11 Å². The average molecular weight is 271 g/mol. The lowest BCUT2D eigenvalue weighted by Crippen LogP contribution is -2.39. The third-order valence-electron chi connectivity index (χ3n) is 2.22. The highest BCUT2D eigenvalue weighted by molar-refractivity contribution is 7.98. The lowest BCUT2D eigenvalue weighted by Gasteiger charge is -2.12. The molecule has 1 atom stereocenters. The number of carbonyl (C=O) groups is 2. The maximum Gasteiger partial charge on any atom is 0.346 e. The van der Waals surface area contributed by atoms with Crippen molar-refractivity contribution in [3.8, 4) is 0 Å². The molecule has 0 fully saturated rings. The van der Waals surface area contributed by atoms with Gasteiger partial charge in [0.25, 0.3) is 5.91 Å². The number of aliphatic carboxylic acids is 1. The molecule has 0 saturated heterocycles. The fourth-order valence-corrected chi connectivity index (χ4v) is 1.93. The summed E-state index contributed by atoms with van der Waals surface area (Å²) in [5, 5.41) is 11.3. The Hall–Kier alpha value is -1.83. The third kappa shape index (κ3) is 3.10. The smallest absolute Gasteiger partial charge is 0.346 e. The molecule has 0 aromatic carbocycles. The van der Waals surface area contributed by atoms with Crippen molar-refractivity contribution in [3.05, 3.63) is 21.7 Å². The summed E-state index contributed by atoms with van der Waals surface area (Å²) >= 11 is 1.15. The van der Waals surface area contributed by atoms with Crippen LogP contribution in [0.5, 0.6) is 0 Å². The summed E-state index contributed by atoms with van der Waals surface area (Å²) in [6, 6.07) is -1.02. The van der Waals surface area contributed by atoms with Gasteiger partial charge < -0.3 is 15.4 Å². The summed E-state index contributed by atoms with van der Waals surface area (Å²) in [4.78, 5) is 39.8. The maximum atomic E-state index is 11.9. The van der Waals surface area contributed by atoms with Crippen LogP contribution in [0.4, 0.5) is 0 Å². The van der Waals surface area contributed by atoms with Gasteiger partial charge in [-0.2, -0.15) is 4.98 Å². The van der Waals surface area contributed by atoms with E-state index in [1.807, 2.05) is 0 Å². The first-order valence-electron chi connectivity index (χ1n) is 5.05. The molecular formula is C10H13N3O4S. The zero-order valence-electron chi connectivity index (χ0n) is 10.1. The van der Waals surface area contributed by atoms with Crippen molar-refractivity contribution in [1.29, 1.82) is 0 Å². The van der Waals surface area contributed by atoms with Gasteiger partial charge in [-0.25, -0.2) is 4.79 Å². The largest absolute Gasteiger partial charge is 0.480 e. The van der Waals surface area contributed by atoms with Gasteiger partial charge in [-0.1, -0.05) is 0 Å². The Morgan fingerprint density at radius 2 is 2.11 bits per heavy atom. The van der Waals surface area contributed by atoms with Crippen LogP contribution in [0.2, 0.25) is 0 Å². The van der Waals surface area contributed by atoms with Crippen LogP contribution in [0.1, 0.15) is 23.0 Å². The van der Waals surface area contributed by atoms with Gasteiger partial charge in [0.15, 0.2) is 0 Å². The molecule has 1 heterocycles. The highest BCUT2D eigenvalue weighted by Gasteiger charge is 2.21. The van der Waals surface area contributed by atoms with Gasteiger partial charge in [-0.05, 0) is 20.1 Å². The van der Waals surface area contributed by atoms with Gasteiger partial charge in [0.1, 0.15) is 11.1 Å². The zero-order chi connectivity index (χ0) is 13.9. The molecule has 8 heteroatoms. The number of carbonyl (C=O) groups excluding carboxylic acids is 1. The number of thioether (sulfide) groups is 1. The van der Waals surface area contributed by atoms with Crippen LogP contribution in [0.15, 0.2) is 9.82 Å². The molecule has 0 aliphatic carbocycles. The number of nitrogens with one attached hydrogen (secondary N) is 2. The molecule has 0 radical (unpaired) electrons. The Labute approximate surface area is 107 Å². The molecular weight excluding hydrogens is 258 g/mol. The van der Waals surface area contributed by atoms with Crippen molar-refractivity contribution in [2.75, 3.05) is 6.26 Å². The van der Waals surface area contributed by atoms with Crippen LogP contribution in [0.3, 0.4) is 0 Å². The lowest BCUT2D eigenvalue weighted by atomic mass is 10.2. The molecule has 1 rings (SSSR count). The summed E-state index contributed by atoms with van der Waals surface area (Å²) in [5.41, 5.74) is 0.00400. The maximum absolute atomic E-state index is 11.9. The minimum atomic E-state index is -1.14. The van der Waals surface area contributed by atoms with Crippen LogP contribution in [0, 0.1) is 6.92 Å². The Morgan fingerprint density at radius 3 is 2.61 bits per heavy atom. The summed E-state index contributed by atoms with van der Waals surface area (Å²) in [6.45, 7) is 2.91. The number of aromatic amines is 1. The fraction of sp³-hybridized carbons (Fsp3) is 0.400. The van der Waals surface area contributed by atoms with E-state index in [0.717, 1.165) is 11.8 Å². The molecule has 7 nitrogen and oxygen atoms in total. The molecule has 3 N–H and O–H groups in total. The predicted molar refractivity (Wildman–Crippen MR) is 65.9 cm³/mol. The number of H-pyrrole nitrogens is 1. The average Bonchev–Trinajstić information content (AvgIpc) is 2.27. The second-order valence-electron chi connectivity index (χ2n) is 3.58. The molecule has 1 amide bonds. The number of carboxylic acids is 1. The van der Waals surface area contributed by atoms with Gasteiger partial charge in [0.05, 0.1) is 5.56 Å². The van der Waals surface area contributed by atoms with E-state index in [9.17, 15) is 14.4 Å². The second kappa shape index (κ2) is 5.67. The Balaban J connectivity index is 3.13. The quantitative estimate of drug-likeness (QED) is 0.525. The number of amides is 1. The molecule has 18 heavy (non-hydrogen) atoms. The van der Waals surface area contributed by atoms with Gasteiger partial charge in [-0.3, -0.25) is 9.59 Å². The summed E-state index contributed by atoms with van der Waals surface area (Å²) < 4.78 is 0. The van der Waals surface area contributed by atoms with Gasteiger partial charge >= 0.3 is 11.7 Å². The minimum absolute atomic E-state index is 0.190. The van der Waals surface area contributed by atoms with E-state index in [1.165, 1.54) is 6.92 Å². The van der Waals surface area contributed by atoms with E-state index >= 15 is 0 Å². The highest BCUT2D eigenvalue weighted by Crippen LogP contribution is 2.17. The van der Waals surface area contributed by atoms with Crippen LogP contribution in [0.25, 0.3) is 0 Å². The number of nitrogens with zero attached hydrogens (tertiary/aromatic N) is 1. The molecule has 0 aliphatic heterocycles. The summed E-state index contributed by atoms with van der Waals surface area (Å²) in [7, 11) is 0. The number of carboxylic acid groups (broad SMARTS) is 1.